The van der Waals surface area contributed by atoms with E-state index in [4.69, 9.17) is 10.2 Å². The highest BCUT2D eigenvalue weighted by atomic mass is 16.3. The van der Waals surface area contributed by atoms with Crippen LogP contribution in [-0.2, 0) is 0 Å². The van der Waals surface area contributed by atoms with Gasteiger partial charge in [-0.15, -0.1) is 0 Å². The van der Waals surface area contributed by atoms with Gasteiger partial charge >= 0.3 is 0 Å². The fourth-order valence-electron chi connectivity index (χ4n) is 1.68. The maximum atomic E-state index is 8.78. The Bertz CT molecular complexity index is 129. The van der Waals surface area contributed by atoms with Crippen molar-refractivity contribution in [1.82, 2.24) is 4.90 Å². The lowest BCUT2D eigenvalue weighted by molar-refractivity contribution is 0.188. The summed E-state index contributed by atoms with van der Waals surface area (Å²) in [4.78, 5) is 2.41. The molecule has 0 heterocycles. The van der Waals surface area contributed by atoms with E-state index in [9.17, 15) is 0 Å². The van der Waals surface area contributed by atoms with Crippen LogP contribution in [0.2, 0.25) is 0 Å². The van der Waals surface area contributed by atoms with Crippen molar-refractivity contribution in [1.29, 1.82) is 0 Å². The summed E-state index contributed by atoms with van der Waals surface area (Å²) in [6.07, 6.45) is 5.32. The van der Waals surface area contributed by atoms with E-state index in [0.29, 0.717) is 12.6 Å². The summed E-state index contributed by atoms with van der Waals surface area (Å²) in [6.45, 7) is 7.11. The van der Waals surface area contributed by atoms with Gasteiger partial charge < -0.3 is 15.1 Å². The third-order valence-corrected chi connectivity index (χ3v) is 2.69. The van der Waals surface area contributed by atoms with Crippen molar-refractivity contribution in [3.8, 4) is 0 Å². The molecule has 0 unspecified atom stereocenters. The zero-order chi connectivity index (χ0) is 11.5. The van der Waals surface area contributed by atoms with Gasteiger partial charge in [0, 0.05) is 25.8 Å². The maximum absolute atomic E-state index is 8.78. The lowest BCUT2D eigenvalue weighted by atomic mass is 10.1. The fourth-order valence-corrected chi connectivity index (χ4v) is 1.68. The molecule has 2 N–H and O–H groups in total. The first kappa shape index (κ1) is 14.9. The second-order valence-electron chi connectivity index (χ2n) is 4.34. The van der Waals surface area contributed by atoms with Crippen molar-refractivity contribution in [3.63, 3.8) is 0 Å². The van der Waals surface area contributed by atoms with Crippen molar-refractivity contribution in [2.75, 3.05) is 26.3 Å². The largest absolute Gasteiger partial charge is 0.396 e. The lowest BCUT2D eigenvalue weighted by Gasteiger charge is -2.26. The molecule has 0 aliphatic heterocycles. The molecule has 0 aromatic heterocycles. The summed E-state index contributed by atoms with van der Waals surface area (Å²) in [5.74, 6) is 0. The molecule has 3 heteroatoms. The second kappa shape index (κ2) is 10.4. The summed E-state index contributed by atoms with van der Waals surface area (Å²) < 4.78 is 0. The van der Waals surface area contributed by atoms with Crippen LogP contribution in [0.3, 0.4) is 0 Å². The van der Waals surface area contributed by atoms with Gasteiger partial charge in [0.05, 0.1) is 0 Å². The first-order valence-electron chi connectivity index (χ1n) is 6.18. The summed E-state index contributed by atoms with van der Waals surface area (Å²) in [5, 5.41) is 17.4. The van der Waals surface area contributed by atoms with Crippen LogP contribution in [0, 0.1) is 0 Å². The Balaban J connectivity index is 3.48. The molecule has 92 valence electrons. The van der Waals surface area contributed by atoms with Crippen LogP contribution in [0.25, 0.3) is 0 Å². The van der Waals surface area contributed by atoms with Crippen molar-refractivity contribution in [2.45, 2.75) is 52.0 Å². The van der Waals surface area contributed by atoms with Crippen LogP contribution >= 0.6 is 0 Å². The van der Waals surface area contributed by atoms with E-state index in [2.05, 4.69) is 18.7 Å². The Hall–Kier alpha value is -0.120. The Morgan fingerprint density at radius 1 is 0.800 bits per heavy atom. The zero-order valence-corrected chi connectivity index (χ0v) is 10.3. The molecule has 0 saturated heterocycles. The minimum absolute atomic E-state index is 0.285. The van der Waals surface area contributed by atoms with Crippen LogP contribution in [0.15, 0.2) is 0 Å². The molecule has 3 nitrogen and oxygen atoms in total. The van der Waals surface area contributed by atoms with Gasteiger partial charge in [-0.3, -0.25) is 0 Å². The second-order valence-corrected chi connectivity index (χ2v) is 4.34. The quantitative estimate of drug-likeness (QED) is 0.547. The third-order valence-electron chi connectivity index (χ3n) is 2.69. The van der Waals surface area contributed by atoms with Gasteiger partial charge in [-0.2, -0.15) is 0 Å². The van der Waals surface area contributed by atoms with Gasteiger partial charge in [0.25, 0.3) is 0 Å². The van der Waals surface area contributed by atoms with Crippen LogP contribution in [0.1, 0.15) is 46.0 Å². The van der Waals surface area contributed by atoms with Gasteiger partial charge in [0.1, 0.15) is 0 Å². The number of unbranched alkanes of at least 4 members (excludes halogenated alkanes) is 3. The van der Waals surface area contributed by atoms with Gasteiger partial charge in [-0.1, -0.05) is 12.8 Å². The lowest BCUT2D eigenvalue weighted by Crippen LogP contribution is -2.33. The minimum Gasteiger partial charge on any atom is -0.396 e. The maximum Gasteiger partial charge on any atom is 0.0443 e. The van der Waals surface area contributed by atoms with Crippen LogP contribution in [-0.4, -0.2) is 47.5 Å². The van der Waals surface area contributed by atoms with Gasteiger partial charge in [0.15, 0.2) is 0 Å². The Morgan fingerprint density at radius 2 is 1.33 bits per heavy atom. The molecular weight excluding hydrogens is 190 g/mol. The standard InChI is InChI=1S/C12H27NO2/c1-12(2)13(9-7-11-15)8-5-3-4-6-10-14/h12,14-15H,3-11H2,1-2H3. The first-order valence-corrected chi connectivity index (χ1v) is 6.18. The molecule has 0 spiro atoms. The van der Waals surface area contributed by atoms with Crippen LogP contribution in [0.4, 0.5) is 0 Å². The molecule has 0 radical (unpaired) electrons. The van der Waals surface area contributed by atoms with Gasteiger partial charge in [0.2, 0.25) is 0 Å². The third kappa shape index (κ3) is 8.85. The highest BCUT2D eigenvalue weighted by Gasteiger charge is 2.07. The zero-order valence-electron chi connectivity index (χ0n) is 10.3. The molecule has 0 saturated carbocycles. The number of hydrogen-bond acceptors (Lipinski definition) is 3. The molecule has 0 aliphatic rings. The van der Waals surface area contributed by atoms with E-state index >= 15 is 0 Å². The average Bonchev–Trinajstić information content (AvgIpc) is 2.21. The molecule has 0 aromatic carbocycles. The molecule has 0 aromatic rings. The van der Waals surface area contributed by atoms with E-state index in [1.54, 1.807) is 0 Å². The number of aliphatic hydroxyl groups excluding tert-OH is 2. The summed E-state index contributed by atoms with van der Waals surface area (Å²) >= 11 is 0. The molecule has 0 rings (SSSR count). The summed E-state index contributed by atoms with van der Waals surface area (Å²) in [5.41, 5.74) is 0. The summed E-state index contributed by atoms with van der Waals surface area (Å²) in [6, 6.07) is 0.564. The highest BCUT2D eigenvalue weighted by molar-refractivity contribution is 4.62. The molecule has 0 fully saturated rings. The predicted octanol–water partition coefficient (Wildman–Crippen LogP) is 1.63. The highest BCUT2D eigenvalue weighted by Crippen LogP contribution is 2.05. The smallest absolute Gasteiger partial charge is 0.0443 e. The molecule has 0 aliphatic carbocycles. The Labute approximate surface area is 94.1 Å². The van der Waals surface area contributed by atoms with E-state index in [1.165, 1.54) is 12.8 Å². The van der Waals surface area contributed by atoms with Gasteiger partial charge in [-0.25, -0.2) is 0 Å². The molecule has 0 atom stereocenters. The number of nitrogens with zero attached hydrogens (tertiary/aromatic N) is 1. The van der Waals surface area contributed by atoms with Gasteiger partial charge in [-0.05, 0) is 39.7 Å². The van der Waals surface area contributed by atoms with Crippen molar-refractivity contribution >= 4 is 0 Å². The van der Waals surface area contributed by atoms with E-state index in [-0.39, 0.29) is 6.61 Å². The molecule has 0 bridgehead atoms. The first-order chi connectivity index (χ1) is 7.22. The Kier molecular flexibility index (Phi) is 10.3. The molecular formula is C12H27NO2. The number of hydrogen-bond donors (Lipinski definition) is 2. The fraction of sp³-hybridized carbons (Fsp3) is 1.00. The molecule has 15 heavy (non-hydrogen) atoms. The van der Waals surface area contributed by atoms with E-state index in [0.717, 1.165) is 32.4 Å². The van der Waals surface area contributed by atoms with Crippen LogP contribution < -0.4 is 0 Å². The normalized spacial score (nSPS) is 11.6. The van der Waals surface area contributed by atoms with E-state index in [1.807, 2.05) is 0 Å². The topological polar surface area (TPSA) is 43.7 Å². The molecule has 0 amide bonds. The summed E-state index contributed by atoms with van der Waals surface area (Å²) in [7, 11) is 0. The van der Waals surface area contributed by atoms with E-state index < -0.39 is 0 Å². The monoisotopic (exact) mass is 217 g/mol. The SMILES string of the molecule is CC(C)N(CCCO)CCCCCCO. The predicted molar refractivity (Wildman–Crippen MR) is 64.0 cm³/mol. The number of aliphatic hydroxyl groups is 2. The Morgan fingerprint density at radius 3 is 1.87 bits per heavy atom. The van der Waals surface area contributed by atoms with Crippen molar-refractivity contribution in [3.05, 3.63) is 0 Å². The van der Waals surface area contributed by atoms with Crippen molar-refractivity contribution < 1.29 is 10.2 Å². The minimum atomic E-state index is 0.285. The average molecular weight is 217 g/mol. The van der Waals surface area contributed by atoms with Crippen molar-refractivity contribution in [2.24, 2.45) is 0 Å². The van der Waals surface area contributed by atoms with Crippen LogP contribution in [0.5, 0.6) is 0 Å². The number of rotatable bonds is 10.